The second kappa shape index (κ2) is 13.8. The smallest absolute Gasteiger partial charge is 0.415 e. The lowest BCUT2D eigenvalue weighted by atomic mass is 9.89. The second-order valence-electron chi connectivity index (χ2n) is 13.8. The van der Waals surface area contributed by atoms with Crippen LogP contribution in [0.15, 0.2) is 52.9 Å². The molecule has 0 unspecified atom stereocenters. The van der Waals surface area contributed by atoms with E-state index in [-0.39, 0.29) is 55.5 Å². The molecule has 0 aliphatic carbocycles. The van der Waals surface area contributed by atoms with Gasteiger partial charge in [0.15, 0.2) is 8.32 Å². The fraction of sp³-hybridized carbons (Fsp3) is 0.500. The van der Waals surface area contributed by atoms with Crippen LogP contribution in [0.2, 0.25) is 18.1 Å². The van der Waals surface area contributed by atoms with Crippen molar-refractivity contribution in [3.63, 3.8) is 0 Å². The van der Waals surface area contributed by atoms with Crippen molar-refractivity contribution in [2.24, 2.45) is 4.99 Å². The topological polar surface area (TPSA) is 135 Å². The predicted octanol–water partition coefficient (Wildman–Crippen LogP) is 5.39. The van der Waals surface area contributed by atoms with E-state index in [1.807, 2.05) is 0 Å². The van der Waals surface area contributed by atoms with Gasteiger partial charge in [0.2, 0.25) is 20.0 Å². The number of alkyl halides is 3. The number of benzene rings is 2. The highest BCUT2D eigenvalue weighted by atomic mass is 32.2. The number of halogens is 3. The van der Waals surface area contributed by atoms with Crippen molar-refractivity contribution < 1.29 is 44.0 Å². The van der Waals surface area contributed by atoms with Gasteiger partial charge >= 0.3 is 6.36 Å². The van der Waals surface area contributed by atoms with Crippen LogP contribution in [0.5, 0.6) is 5.75 Å². The number of carbonyl (C=O) groups excluding carboxylic acids is 1. The van der Waals surface area contributed by atoms with Crippen molar-refractivity contribution in [2.45, 2.75) is 70.6 Å². The van der Waals surface area contributed by atoms with Crippen LogP contribution in [0.25, 0.3) is 6.08 Å². The Morgan fingerprint density at radius 2 is 1.71 bits per heavy atom. The summed E-state index contributed by atoms with van der Waals surface area (Å²) in [5.74, 6) is -0.826. The van der Waals surface area contributed by atoms with E-state index in [1.165, 1.54) is 26.8 Å². The molecule has 1 fully saturated rings. The number of sulfonamides is 2. The number of amides is 1. The minimum atomic E-state index is -4.88. The van der Waals surface area contributed by atoms with Crippen molar-refractivity contribution in [1.82, 2.24) is 9.62 Å². The summed E-state index contributed by atoms with van der Waals surface area (Å²) in [7, 11) is -9.62. The average Bonchev–Trinajstić information content (AvgIpc) is 3.28. The molecule has 270 valence electrons. The maximum absolute atomic E-state index is 13.3. The maximum Gasteiger partial charge on any atom is 0.573 e. The summed E-state index contributed by atoms with van der Waals surface area (Å²) in [6.45, 7) is 12.6. The number of anilines is 1. The standard InChI is InChI=1S/C32H43F3N4O7S2Si/c1-23-21-26(39(47(5,41)42)18-19-45-49(6,7)30(2,3)4)12-11-24(23)13-20-48(43,44)38-16-14-31(15-17-38)29(40)36-28(37-31)25-9-8-10-27(22-25)46-32(33,34)35/h8-13,20-22H,14-19H2,1-7H3,(H,36,37,40). The van der Waals surface area contributed by atoms with Crippen LogP contribution in [-0.2, 0) is 29.3 Å². The first-order valence-electron chi connectivity index (χ1n) is 15.6. The quantitative estimate of drug-likeness (QED) is 0.305. The first-order chi connectivity index (χ1) is 22.4. The summed E-state index contributed by atoms with van der Waals surface area (Å²) in [6.07, 6.45) is -2.16. The van der Waals surface area contributed by atoms with E-state index >= 15 is 0 Å². The molecule has 2 heterocycles. The number of nitrogens with one attached hydrogen (secondary N) is 1. The Hall–Kier alpha value is -3.25. The van der Waals surface area contributed by atoms with Crippen molar-refractivity contribution in [3.05, 3.63) is 64.6 Å². The zero-order valence-electron chi connectivity index (χ0n) is 28.6. The molecular formula is C32H43F3N4O7S2Si. The molecule has 0 saturated carbocycles. The third kappa shape index (κ3) is 9.30. The van der Waals surface area contributed by atoms with Gasteiger partial charge in [-0.15, -0.1) is 13.2 Å². The highest BCUT2D eigenvalue weighted by Gasteiger charge is 2.47. The molecular weight excluding hydrogens is 702 g/mol. The largest absolute Gasteiger partial charge is 0.573 e. The Morgan fingerprint density at radius 3 is 2.29 bits per heavy atom. The molecule has 0 aromatic heterocycles. The fourth-order valence-electron chi connectivity index (χ4n) is 5.28. The Labute approximate surface area is 287 Å². The predicted molar refractivity (Wildman–Crippen MR) is 186 cm³/mol. The molecule has 1 amide bonds. The molecule has 49 heavy (non-hydrogen) atoms. The molecule has 11 nitrogen and oxygen atoms in total. The second-order valence-corrected chi connectivity index (χ2v) is 22.3. The molecule has 2 aliphatic heterocycles. The monoisotopic (exact) mass is 744 g/mol. The average molecular weight is 745 g/mol. The third-order valence-corrected chi connectivity index (χ3v) is 16.5. The Morgan fingerprint density at radius 1 is 1.06 bits per heavy atom. The van der Waals surface area contributed by atoms with Crippen molar-refractivity contribution in [3.8, 4) is 5.75 Å². The van der Waals surface area contributed by atoms with E-state index in [0.717, 1.165) is 23.8 Å². The number of hydrogen-bond donors (Lipinski definition) is 1. The number of piperidine rings is 1. The van der Waals surface area contributed by atoms with Gasteiger partial charge in [0.25, 0.3) is 5.91 Å². The minimum absolute atomic E-state index is 0.00765. The summed E-state index contributed by atoms with van der Waals surface area (Å²) in [6, 6.07) is 10.1. The maximum atomic E-state index is 13.3. The van der Waals surface area contributed by atoms with Crippen LogP contribution in [0.3, 0.4) is 0 Å². The fourth-order valence-corrected chi connectivity index (χ4v) is 8.40. The van der Waals surface area contributed by atoms with Crippen LogP contribution in [-0.4, -0.2) is 85.6 Å². The lowest BCUT2D eigenvalue weighted by Gasteiger charge is -2.36. The number of rotatable bonds is 11. The molecule has 1 N–H and O–H groups in total. The van der Waals surface area contributed by atoms with Crippen LogP contribution < -0.4 is 14.4 Å². The van der Waals surface area contributed by atoms with Gasteiger partial charge in [0.05, 0.1) is 25.1 Å². The van der Waals surface area contributed by atoms with Crippen molar-refractivity contribution >= 4 is 51.9 Å². The molecule has 0 atom stereocenters. The summed E-state index contributed by atoms with van der Waals surface area (Å²) in [4.78, 5) is 17.5. The van der Waals surface area contributed by atoms with Gasteiger partial charge in [-0.1, -0.05) is 39.0 Å². The number of hydrogen-bond acceptors (Lipinski definition) is 8. The number of nitrogens with zero attached hydrogens (tertiary/aromatic N) is 3. The zero-order valence-corrected chi connectivity index (χ0v) is 31.2. The van der Waals surface area contributed by atoms with Gasteiger partial charge in [0.1, 0.15) is 17.1 Å². The summed E-state index contributed by atoms with van der Waals surface area (Å²) in [5.41, 5.74) is 0.655. The summed E-state index contributed by atoms with van der Waals surface area (Å²) in [5, 5.41) is 3.66. The molecule has 1 spiro atoms. The summed E-state index contributed by atoms with van der Waals surface area (Å²) < 4.78 is 103. The van der Waals surface area contributed by atoms with Crippen molar-refractivity contribution in [2.75, 3.05) is 36.8 Å². The number of ether oxygens (including phenoxy) is 1. The van der Waals surface area contributed by atoms with E-state index in [4.69, 9.17) is 4.43 Å². The first kappa shape index (κ1) is 38.5. The molecule has 17 heteroatoms. The molecule has 2 aromatic carbocycles. The van der Waals surface area contributed by atoms with E-state index in [2.05, 4.69) is 48.9 Å². The van der Waals surface area contributed by atoms with Crippen LogP contribution >= 0.6 is 0 Å². The number of aliphatic imine (C=N–C) groups is 1. The highest BCUT2D eigenvalue weighted by molar-refractivity contribution is 7.92. The van der Waals surface area contributed by atoms with E-state index in [0.29, 0.717) is 16.8 Å². The lowest BCUT2D eigenvalue weighted by molar-refractivity contribution is -0.274. The number of aryl methyl sites for hydroxylation is 1. The Bertz CT molecular complexity index is 1850. The molecule has 4 rings (SSSR count). The summed E-state index contributed by atoms with van der Waals surface area (Å²) >= 11 is 0. The molecule has 1 saturated heterocycles. The molecule has 0 radical (unpaired) electrons. The molecule has 2 aromatic rings. The first-order valence-corrected chi connectivity index (χ1v) is 21.9. The SMILES string of the molecule is Cc1cc(N(CCO[Si](C)(C)C(C)(C)C)S(C)(=O)=O)ccc1C=CS(=O)(=O)N1CCC2(CC1)N=C(c1cccc(OC(F)(F)F)c1)NC2=O. The van der Waals surface area contributed by atoms with Crippen LogP contribution in [0.1, 0.15) is 50.3 Å². The van der Waals surface area contributed by atoms with Gasteiger partial charge in [-0.3, -0.25) is 14.1 Å². The van der Waals surface area contributed by atoms with Gasteiger partial charge in [-0.05, 0) is 79.4 Å². The van der Waals surface area contributed by atoms with Gasteiger partial charge in [-0.25, -0.2) is 16.8 Å². The Kier molecular flexibility index (Phi) is 10.9. The van der Waals surface area contributed by atoms with Crippen molar-refractivity contribution in [1.29, 1.82) is 0 Å². The molecule has 2 aliphatic rings. The zero-order chi connectivity index (χ0) is 36.6. The van der Waals surface area contributed by atoms with Crippen LogP contribution in [0, 0.1) is 6.92 Å². The number of carbonyl (C=O) groups is 1. The van der Waals surface area contributed by atoms with Gasteiger partial charge in [0, 0.05) is 24.1 Å². The minimum Gasteiger partial charge on any atom is -0.415 e. The van der Waals surface area contributed by atoms with E-state index in [9.17, 15) is 34.8 Å². The van der Waals surface area contributed by atoms with Gasteiger partial charge in [-0.2, -0.15) is 4.31 Å². The third-order valence-electron chi connectivity index (χ3n) is 9.16. The van der Waals surface area contributed by atoms with Gasteiger partial charge < -0.3 is 14.5 Å². The van der Waals surface area contributed by atoms with E-state index < -0.39 is 51.9 Å². The molecule has 0 bridgehead atoms. The van der Waals surface area contributed by atoms with E-state index in [1.54, 1.807) is 25.1 Å². The normalized spacial score (nSPS) is 17.8. The Balaban J connectivity index is 1.43. The number of amidine groups is 1. The van der Waals surface area contributed by atoms with Crippen LogP contribution in [0.4, 0.5) is 18.9 Å². The lowest BCUT2D eigenvalue weighted by Crippen LogP contribution is -2.50. The highest BCUT2D eigenvalue weighted by Crippen LogP contribution is 2.37.